The summed E-state index contributed by atoms with van der Waals surface area (Å²) >= 11 is 1.58. The molecular formula is C19H26N4O2S. The molecule has 3 rings (SSSR count). The van der Waals surface area contributed by atoms with Crippen molar-refractivity contribution < 1.29 is 4.79 Å². The summed E-state index contributed by atoms with van der Waals surface area (Å²) in [6, 6.07) is 1.64. The van der Waals surface area contributed by atoms with Crippen LogP contribution in [0.25, 0.3) is 0 Å². The molecule has 140 valence electrons. The molecule has 7 heteroatoms. The highest BCUT2D eigenvalue weighted by atomic mass is 32.1. The fraction of sp³-hybridized carbons (Fsp3) is 0.579. The third-order valence-electron chi connectivity index (χ3n) is 4.91. The van der Waals surface area contributed by atoms with Crippen molar-refractivity contribution in [3.8, 4) is 0 Å². The lowest BCUT2D eigenvalue weighted by molar-refractivity contribution is -0.131. The van der Waals surface area contributed by atoms with Crippen molar-refractivity contribution in [1.82, 2.24) is 19.4 Å². The first-order chi connectivity index (χ1) is 12.4. The Morgan fingerprint density at radius 1 is 1.31 bits per heavy atom. The summed E-state index contributed by atoms with van der Waals surface area (Å²) in [4.78, 5) is 36.2. The second-order valence-electron chi connectivity index (χ2n) is 7.31. The monoisotopic (exact) mass is 374 g/mol. The maximum Gasteiger partial charge on any atom is 0.253 e. The molecule has 0 unspecified atom stereocenters. The first kappa shape index (κ1) is 18.8. The zero-order valence-electron chi connectivity index (χ0n) is 15.6. The lowest BCUT2D eigenvalue weighted by atomic mass is 9.96. The third kappa shape index (κ3) is 4.58. The Kier molecular flexibility index (Phi) is 5.86. The fourth-order valence-electron chi connectivity index (χ4n) is 3.28. The maximum atomic E-state index is 12.4. The number of likely N-dealkylation sites (tertiary alicyclic amines) is 1. The van der Waals surface area contributed by atoms with E-state index in [9.17, 15) is 9.59 Å². The SMILES string of the molecule is Cc1ncc(CC(=O)N2CCC(Cn3cnc(C(C)C)cc3=O)CC2)s1. The van der Waals surface area contributed by atoms with Crippen LogP contribution in [0.5, 0.6) is 0 Å². The van der Waals surface area contributed by atoms with E-state index < -0.39 is 0 Å². The summed E-state index contributed by atoms with van der Waals surface area (Å²) in [7, 11) is 0. The fourth-order valence-corrected chi connectivity index (χ4v) is 4.07. The van der Waals surface area contributed by atoms with Crippen LogP contribution < -0.4 is 5.56 Å². The Labute approximate surface area is 157 Å². The Morgan fingerprint density at radius 2 is 2.04 bits per heavy atom. The van der Waals surface area contributed by atoms with Gasteiger partial charge in [0.15, 0.2) is 0 Å². The summed E-state index contributed by atoms with van der Waals surface area (Å²) in [5.74, 6) is 0.843. The van der Waals surface area contributed by atoms with Crippen LogP contribution in [0.3, 0.4) is 0 Å². The predicted molar refractivity (Wildman–Crippen MR) is 102 cm³/mol. The first-order valence-electron chi connectivity index (χ1n) is 9.18. The van der Waals surface area contributed by atoms with Gasteiger partial charge in [-0.25, -0.2) is 9.97 Å². The zero-order chi connectivity index (χ0) is 18.7. The van der Waals surface area contributed by atoms with Crippen LogP contribution in [0.2, 0.25) is 0 Å². The predicted octanol–water partition coefficient (Wildman–Crippen LogP) is 2.61. The number of amides is 1. The van der Waals surface area contributed by atoms with E-state index in [1.807, 2.05) is 25.7 Å². The van der Waals surface area contributed by atoms with Crippen LogP contribution in [-0.2, 0) is 17.8 Å². The van der Waals surface area contributed by atoms with E-state index in [4.69, 9.17) is 0 Å². The molecule has 0 saturated carbocycles. The smallest absolute Gasteiger partial charge is 0.253 e. The van der Waals surface area contributed by atoms with Gasteiger partial charge in [0.1, 0.15) is 0 Å². The topological polar surface area (TPSA) is 68.1 Å². The van der Waals surface area contributed by atoms with Crippen LogP contribution in [0, 0.1) is 12.8 Å². The number of aromatic nitrogens is 3. The molecule has 1 aliphatic rings. The molecule has 2 aromatic heterocycles. The average Bonchev–Trinajstić information content (AvgIpc) is 3.02. The summed E-state index contributed by atoms with van der Waals surface area (Å²) in [6.07, 6.45) is 5.75. The van der Waals surface area contributed by atoms with Crippen molar-refractivity contribution in [1.29, 1.82) is 0 Å². The van der Waals surface area contributed by atoms with Gasteiger partial charge in [0.2, 0.25) is 5.91 Å². The second-order valence-corrected chi connectivity index (χ2v) is 8.62. The van der Waals surface area contributed by atoms with Crippen LogP contribution >= 0.6 is 11.3 Å². The van der Waals surface area contributed by atoms with Gasteiger partial charge >= 0.3 is 0 Å². The van der Waals surface area contributed by atoms with E-state index in [2.05, 4.69) is 9.97 Å². The summed E-state index contributed by atoms with van der Waals surface area (Å²) in [5.41, 5.74) is 0.854. The Morgan fingerprint density at radius 3 is 2.62 bits per heavy atom. The van der Waals surface area contributed by atoms with E-state index in [-0.39, 0.29) is 17.4 Å². The molecule has 0 spiro atoms. The molecule has 1 aliphatic heterocycles. The van der Waals surface area contributed by atoms with Crippen molar-refractivity contribution in [3.63, 3.8) is 0 Å². The number of thiazole rings is 1. The molecule has 0 bridgehead atoms. The van der Waals surface area contributed by atoms with Crippen LogP contribution in [0.4, 0.5) is 0 Å². The van der Waals surface area contributed by atoms with E-state index in [0.29, 0.717) is 18.9 Å². The van der Waals surface area contributed by atoms with Gasteiger partial charge in [0, 0.05) is 36.8 Å². The van der Waals surface area contributed by atoms with Gasteiger partial charge in [-0.2, -0.15) is 0 Å². The van der Waals surface area contributed by atoms with E-state index in [0.717, 1.165) is 41.5 Å². The average molecular weight is 375 g/mol. The van der Waals surface area contributed by atoms with Gasteiger partial charge in [-0.1, -0.05) is 13.8 Å². The van der Waals surface area contributed by atoms with Crippen LogP contribution in [0.1, 0.15) is 48.2 Å². The molecule has 0 atom stereocenters. The largest absolute Gasteiger partial charge is 0.342 e. The zero-order valence-corrected chi connectivity index (χ0v) is 16.5. The molecular weight excluding hydrogens is 348 g/mol. The van der Waals surface area contributed by atoms with Crippen molar-refractivity contribution in [2.24, 2.45) is 5.92 Å². The highest BCUT2D eigenvalue weighted by Gasteiger charge is 2.23. The van der Waals surface area contributed by atoms with Crippen LogP contribution in [0.15, 0.2) is 23.4 Å². The van der Waals surface area contributed by atoms with Gasteiger partial charge in [-0.15, -0.1) is 11.3 Å². The van der Waals surface area contributed by atoms with E-state index in [1.165, 1.54) is 0 Å². The van der Waals surface area contributed by atoms with Crippen molar-refractivity contribution >= 4 is 17.2 Å². The van der Waals surface area contributed by atoms with Gasteiger partial charge < -0.3 is 4.90 Å². The first-order valence-corrected chi connectivity index (χ1v) is 9.99. The van der Waals surface area contributed by atoms with Crippen molar-refractivity contribution in [2.45, 2.75) is 52.5 Å². The number of hydrogen-bond acceptors (Lipinski definition) is 5. The molecule has 3 heterocycles. The Balaban J connectivity index is 1.52. The molecule has 26 heavy (non-hydrogen) atoms. The minimum absolute atomic E-state index is 0.0165. The molecule has 1 amide bonds. The molecule has 6 nitrogen and oxygen atoms in total. The lowest BCUT2D eigenvalue weighted by Crippen LogP contribution is -2.40. The number of carbonyl (C=O) groups excluding carboxylic acids is 1. The molecule has 2 aromatic rings. The molecule has 0 aliphatic carbocycles. The lowest BCUT2D eigenvalue weighted by Gasteiger charge is -2.32. The maximum absolute atomic E-state index is 12.4. The minimum atomic E-state index is 0.0165. The second kappa shape index (κ2) is 8.12. The van der Waals surface area contributed by atoms with Gasteiger partial charge in [-0.3, -0.25) is 14.2 Å². The molecule has 0 N–H and O–H groups in total. The van der Waals surface area contributed by atoms with E-state index in [1.54, 1.807) is 34.5 Å². The van der Waals surface area contributed by atoms with Crippen LogP contribution in [-0.4, -0.2) is 38.4 Å². The molecule has 0 aromatic carbocycles. The number of aryl methyl sites for hydroxylation is 1. The molecule has 0 radical (unpaired) electrons. The number of piperidine rings is 1. The number of carbonyl (C=O) groups is 1. The number of rotatable bonds is 5. The minimum Gasteiger partial charge on any atom is -0.342 e. The van der Waals surface area contributed by atoms with Crippen molar-refractivity contribution in [2.75, 3.05) is 13.1 Å². The molecule has 1 fully saturated rings. The summed E-state index contributed by atoms with van der Waals surface area (Å²) < 4.78 is 1.70. The number of hydrogen-bond donors (Lipinski definition) is 0. The normalized spacial score (nSPS) is 15.6. The third-order valence-corrected chi connectivity index (χ3v) is 5.82. The Hall–Kier alpha value is -2.02. The van der Waals surface area contributed by atoms with Crippen molar-refractivity contribution in [3.05, 3.63) is 44.5 Å². The molecule has 1 saturated heterocycles. The quantitative estimate of drug-likeness (QED) is 0.807. The van der Waals surface area contributed by atoms with Gasteiger partial charge in [0.25, 0.3) is 5.56 Å². The van der Waals surface area contributed by atoms with E-state index >= 15 is 0 Å². The summed E-state index contributed by atoms with van der Waals surface area (Å²) in [6.45, 7) is 8.22. The highest BCUT2D eigenvalue weighted by Crippen LogP contribution is 2.20. The van der Waals surface area contributed by atoms with Gasteiger partial charge in [-0.05, 0) is 31.6 Å². The standard InChI is InChI=1S/C19H26N4O2S/c1-13(2)17-9-19(25)23(12-21-17)11-15-4-6-22(7-5-15)18(24)8-16-10-20-14(3)26-16/h9-10,12-13,15H,4-8,11H2,1-3H3. The highest BCUT2D eigenvalue weighted by molar-refractivity contribution is 7.11. The Bertz CT molecular complexity index is 819. The van der Waals surface area contributed by atoms with Gasteiger partial charge in [0.05, 0.1) is 23.4 Å². The summed E-state index contributed by atoms with van der Waals surface area (Å²) in [5, 5.41) is 0.994. The number of nitrogens with zero attached hydrogens (tertiary/aromatic N) is 4.